The van der Waals surface area contributed by atoms with Crippen molar-refractivity contribution >= 4 is 5.78 Å². The second-order valence-electron chi connectivity index (χ2n) is 28.7. The minimum Gasteiger partial charge on any atom is -0.396 e. The zero-order chi connectivity index (χ0) is 61.5. The molecule has 11 fully saturated rings. The van der Waals surface area contributed by atoms with Gasteiger partial charge in [-0.25, -0.2) is 0 Å². The number of ketones is 1. The number of fused-ring (bicyclic) bond motifs is 4. The fourth-order valence-corrected chi connectivity index (χ4v) is 18.6. The van der Waals surface area contributed by atoms with Crippen molar-refractivity contribution in [3.63, 3.8) is 0 Å². The van der Waals surface area contributed by atoms with Crippen molar-refractivity contribution in [1.82, 2.24) is 0 Å². The van der Waals surface area contributed by atoms with Crippen LogP contribution in [-0.2, 0) is 56.9 Å². The van der Waals surface area contributed by atoms with Crippen molar-refractivity contribution in [1.29, 1.82) is 0 Å². The molecule has 2 bridgehead atoms. The normalized spacial score (nSPS) is 56.8. The molecule has 6 saturated heterocycles. The smallest absolute Gasteiger partial charge is 0.187 e. The predicted octanol–water partition coefficient (Wildman–Crippen LogP) is -4.07. The van der Waals surface area contributed by atoms with Gasteiger partial charge in [0.25, 0.3) is 0 Å². The van der Waals surface area contributed by atoms with Crippen LogP contribution in [0.5, 0.6) is 0 Å². The number of hydrogen-bond donors (Lipinski definition) is 15. The van der Waals surface area contributed by atoms with Gasteiger partial charge in [0.2, 0.25) is 0 Å². The second kappa shape index (κ2) is 23.6. The Morgan fingerprint density at radius 2 is 1.06 bits per heavy atom. The molecule has 1 spiro atoms. The fourth-order valence-electron chi connectivity index (χ4n) is 18.6. The lowest BCUT2D eigenvalue weighted by Crippen LogP contribution is -2.73. The summed E-state index contributed by atoms with van der Waals surface area (Å²) in [5.41, 5.74) is -2.97. The molecule has 5 aliphatic carbocycles. The van der Waals surface area contributed by atoms with Crippen LogP contribution in [-0.4, -0.2) is 282 Å². The molecule has 5 saturated carbocycles. The van der Waals surface area contributed by atoms with E-state index in [9.17, 15) is 81.4 Å². The fraction of sp³-hybridized carbons (Fsp3) is 0.983. The third kappa shape index (κ3) is 10.2. The number of aliphatic hydroxyl groups is 15. The summed E-state index contributed by atoms with van der Waals surface area (Å²) >= 11 is 0. The highest BCUT2D eigenvalue weighted by atomic mass is 16.8. The Kier molecular flexibility index (Phi) is 18.1. The minimum absolute atomic E-state index is 0.0738. The Bertz CT molecular complexity index is 2360. The molecule has 6 heterocycles. The quantitative estimate of drug-likeness (QED) is 0.0736. The molecule has 0 radical (unpaired) electrons. The molecule has 0 amide bonds. The lowest BCUT2D eigenvalue weighted by Gasteiger charge is -2.74. The van der Waals surface area contributed by atoms with Crippen LogP contribution in [0.3, 0.4) is 0 Å². The maximum atomic E-state index is 14.8. The van der Waals surface area contributed by atoms with Crippen molar-refractivity contribution in [2.45, 2.75) is 259 Å². The van der Waals surface area contributed by atoms with Gasteiger partial charge in [0.1, 0.15) is 116 Å². The standard InChI is InChI=1S/C58H94O27/c1-52(2)13-14-57-23-77-58(31(57)15-52)12-8-30-53(3)10-9-33(54(4,22-62)29(53)7-11-55(30,5)56(58,6)16-32(57)64)82-50-45(85-49-43(74)40(71)44(27(19-61)80-49)83-48-42(73)38(69)35(66)25(17-59)78-48)37(68)28(21-76-50)81-51-46(39(70)36(67)26(18-60)79-51)84-47-41(72)34(65)24(63)20-75-47/h24-31,33-51,59-63,65-74H,7-23H2,1-6H3. The number of Topliss-reactive ketones (excluding diaryl/α,β-unsaturated/α-hetero) is 1. The van der Waals surface area contributed by atoms with Gasteiger partial charge in [0.15, 0.2) is 31.5 Å². The highest BCUT2D eigenvalue weighted by molar-refractivity contribution is 5.88. The number of carbonyl (C=O) groups is 1. The van der Waals surface area contributed by atoms with Crippen molar-refractivity contribution < 1.29 is 133 Å². The van der Waals surface area contributed by atoms with Crippen LogP contribution < -0.4 is 0 Å². The highest BCUT2D eigenvalue weighted by Gasteiger charge is 2.80. The summed E-state index contributed by atoms with van der Waals surface area (Å²) in [5.74, 6) is 0.419. The molecule has 11 aliphatic rings. The minimum atomic E-state index is -2.11. The summed E-state index contributed by atoms with van der Waals surface area (Å²) in [5, 5.41) is 164. The van der Waals surface area contributed by atoms with E-state index in [1.165, 1.54) is 0 Å². The first-order valence-corrected chi connectivity index (χ1v) is 30.6. The monoisotopic (exact) mass is 1220 g/mol. The lowest BCUT2D eigenvalue weighted by molar-refractivity contribution is -0.398. The van der Waals surface area contributed by atoms with Gasteiger partial charge in [-0.05, 0) is 85.9 Å². The summed E-state index contributed by atoms with van der Waals surface area (Å²) in [7, 11) is 0. The van der Waals surface area contributed by atoms with E-state index in [4.69, 9.17) is 52.1 Å². The second-order valence-corrected chi connectivity index (χ2v) is 28.7. The topological polar surface area (TPSA) is 422 Å². The molecule has 85 heavy (non-hydrogen) atoms. The van der Waals surface area contributed by atoms with Crippen LogP contribution in [0.1, 0.15) is 106 Å². The maximum absolute atomic E-state index is 14.8. The van der Waals surface area contributed by atoms with Crippen LogP contribution >= 0.6 is 0 Å². The molecule has 27 nitrogen and oxygen atoms in total. The van der Waals surface area contributed by atoms with Crippen LogP contribution in [0.15, 0.2) is 0 Å². The van der Waals surface area contributed by atoms with Crippen LogP contribution in [0.25, 0.3) is 0 Å². The molecule has 6 aliphatic heterocycles. The van der Waals surface area contributed by atoms with E-state index >= 15 is 0 Å². The Morgan fingerprint density at radius 3 is 1.73 bits per heavy atom. The van der Waals surface area contributed by atoms with Crippen molar-refractivity contribution in [3.8, 4) is 0 Å². The molecule has 15 N–H and O–H groups in total. The third-order valence-corrected chi connectivity index (χ3v) is 23.9. The summed E-state index contributed by atoms with van der Waals surface area (Å²) in [6, 6.07) is 0. The van der Waals surface area contributed by atoms with E-state index in [2.05, 4.69) is 34.6 Å². The molecule has 0 aromatic carbocycles. The summed E-state index contributed by atoms with van der Waals surface area (Å²) in [4.78, 5) is 14.8. The van der Waals surface area contributed by atoms with Crippen LogP contribution in [0.2, 0.25) is 0 Å². The van der Waals surface area contributed by atoms with E-state index in [-0.39, 0.29) is 40.6 Å². The molecular weight excluding hydrogens is 1130 g/mol. The zero-order valence-electron chi connectivity index (χ0n) is 49.2. The van der Waals surface area contributed by atoms with Crippen molar-refractivity contribution in [2.24, 2.45) is 50.2 Å². The zero-order valence-corrected chi connectivity index (χ0v) is 49.2. The molecule has 0 aromatic heterocycles. The van der Waals surface area contributed by atoms with Gasteiger partial charge >= 0.3 is 0 Å². The molecule has 488 valence electrons. The molecular formula is C58H94O27. The van der Waals surface area contributed by atoms with Crippen LogP contribution in [0, 0.1) is 50.2 Å². The Labute approximate surface area is 493 Å². The van der Waals surface area contributed by atoms with Crippen molar-refractivity contribution in [3.05, 3.63) is 0 Å². The molecule has 33 atom stereocenters. The average Bonchev–Trinajstić information content (AvgIpc) is 1.64. The Balaban J connectivity index is 0.866. The average molecular weight is 1220 g/mol. The number of rotatable bonds is 14. The van der Waals surface area contributed by atoms with Gasteiger partial charge in [-0.2, -0.15) is 0 Å². The predicted molar refractivity (Wildman–Crippen MR) is 283 cm³/mol. The largest absolute Gasteiger partial charge is 0.396 e. The Hall–Kier alpha value is -1.37. The number of hydrogen-bond acceptors (Lipinski definition) is 27. The van der Waals surface area contributed by atoms with Gasteiger partial charge in [-0.3, -0.25) is 4.79 Å². The number of ether oxygens (including phenoxy) is 11. The van der Waals surface area contributed by atoms with Crippen LogP contribution in [0.4, 0.5) is 0 Å². The van der Waals surface area contributed by atoms with Gasteiger partial charge < -0.3 is 129 Å². The SMILES string of the molecule is CC1(C)CCC23COC4(CCC5C6(C)CCC(OC7OCC(OC8OC(CO)C(O)C(O)C8OC8OCC(O)C(O)C8O)C(O)C7OC7OC(CO)C(OC8OC(CO)C(O)C(O)C8O)C(O)C7O)C(C)(CO)C6CCC5(C)C4(C)CC2=O)C3C1. The highest BCUT2D eigenvalue weighted by Crippen LogP contribution is 2.80. The maximum Gasteiger partial charge on any atom is 0.187 e. The first-order valence-electron chi connectivity index (χ1n) is 30.6. The van der Waals surface area contributed by atoms with E-state index in [1.807, 2.05) is 6.92 Å². The Morgan fingerprint density at radius 1 is 0.494 bits per heavy atom. The summed E-state index contributed by atoms with van der Waals surface area (Å²) in [6.07, 6.45) is -34.4. The molecule has 27 heteroatoms. The first kappa shape index (κ1) is 65.1. The molecule has 33 unspecified atom stereocenters. The summed E-state index contributed by atoms with van der Waals surface area (Å²) < 4.78 is 67.7. The van der Waals surface area contributed by atoms with Gasteiger partial charge in [-0.1, -0.05) is 41.5 Å². The van der Waals surface area contributed by atoms with E-state index in [1.54, 1.807) is 0 Å². The summed E-state index contributed by atoms with van der Waals surface area (Å²) in [6.45, 7) is 10.1. The molecule has 0 aromatic rings. The first-order chi connectivity index (χ1) is 40.0. The lowest BCUT2D eigenvalue weighted by atomic mass is 9.30. The number of carbonyl (C=O) groups excluding carboxylic acids is 1. The van der Waals surface area contributed by atoms with E-state index in [0.717, 1.165) is 38.5 Å². The molecule has 11 rings (SSSR count). The van der Waals surface area contributed by atoms with E-state index in [0.29, 0.717) is 38.1 Å². The van der Waals surface area contributed by atoms with Gasteiger partial charge in [0.05, 0.1) is 63.4 Å². The van der Waals surface area contributed by atoms with Crippen molar-refractivity contribution in [2.75, 3.05) is 46.2 Å². The third-order valence-electron chi connectivity index (χ3n) is 23.9. The van der Waals surface area contributed by atoms with E-state index < -0.39 is 202 Å². The number of aliphatic hydroxyl groups excluding tert-OH is 15. The van der Waals surface area contributed by atoms with Gasteiger partial charge in [0, 0.05) is 23.2 Å². The van der Waals surface area contributed by atoms with Gasteiger partial charge in [-0.15, -0.1) is 0 Å².